The van der Waals surface area contributed by atoms with E-state index in [1.807, 2.05) is 35.0 Å². The molecule has 1 aromatic carbocycles. The first-order valence-electron chi connectivity index (χ1n) is 7.72. The zero-order chi connectivity index (χ0) is 16.5. The minimum absolute atomic E-state index is 0.328. The van der Waals surface area contributed by atoms with Crippen LogP contribution in [-0.2, 0) is 0 Å². The van der Waals surface area contributed by atoms with Crippen molar-refractivity contribution in [1.29, 1.82) is 0 Å². The topological polar surface area (TPSA) is 55.1 Å². The number of amidine groups is 1. The Balaban J connectivity index is 1.87. The number of benzene rings is 1. The Morgan fingerprint density at radius 3 is 2.78 bits per heavy atom. The van der Waals surface area contributed by atoms with E-state index < -0.39 is 0 Å². The van der Waals surface area contributed by atoms with Gasteiger partial charge in [0, 0.05) is 17.5 Å². The molecule has 2 aromatic rings. The van der Waals surface area contributed by atoms with Crippen LogP contribution >= 0.6 is 23.5 Å². The molecular formula is C16H23N5S2. The van der Waals surface area contributed by atoms with Crippen molar-refractivity contribution in [3.63, 3.8) is 0 Å². The number of aromatic nitrogens is 3. The van der Waals surface area contributed by atoms with Gasteiger partial charge in [-0.25, -0.2) is 9.67 Å². The van der Waals surface area contributed by atoms with Gasteiger partial charge in [0.2, 0.25) is 0 Å². The molecule has 1 heterocycles. The Kier molecular flexibility index (Phi) is 7.48. The molecule has 0 unspecified atom stereocenters. The van der Waals surface area contributed by atoms with Crippen molar-refractivity contribution < 1.29 is 0 Å². The number of para-hydroxylation sites is 1. The highest BCUT2D eigenvalue weighted by Crippen LogP contribution is 2.18. The minimum atomic E-state index is 0.328. The molecule has 7 heteroatoms. The Bertz CT molecular complexity index is 610. The van der Waals surface area contributed by atoms with Crippen LogP contribution in [0.25, 0.3) is 0 Å². The lowest BCUT2D eigenvalue weighted by Gasteiger charge is -2.09. The third kappa shape index (κ3) is 5.91. The highest BCUT2D eigenvalue weighted by Gasteiger charge is 2.07. The van der Waals surface area contributed by atoms with Gasteiger partial charge in [0.25, 0.3) is 0 Å². The van der Waals surface area contributed by atoms with E-state index in [9.17, 15) is 0 Å². The monoisotopic (exact) mass is 349 g/mol. The fourth-order valence-electron chi connectivity index (χ4n) is 1.88. The van der Waals surface area contributed by atoms with E-state index in [4.69, 9.17) is 0 Å². The molecule has 0 aliphatic heterocycles. The van der Waals surface area contributed by atoms with Crippen LogP contribution < -0.4 is 5.32 Å². The highest BCUT2D eigenvalue weighted by atomic mass is 32.2. The predicted molar refractivity (Wildman–Crippen MR) is 102 cm³/mol. The van der Waals surface area contributed by atoms with Gasteiger partial charge in [-0.15, -0.1) is 0 Å². The van der Waals surface area contributed by atoms with Crippen LogP contribution in [0, 0.1) is 0 Å². The quantitative estimate of drug-likeness (QED) is 0.352. The summed E-state index contributed by atoms with van der Waals surface area (Å²) >= 11 is 3.42. The maximum atomic E-state index is 4.67. The van der Waals surface area contributed by atoms with Gasteiger partial charge in [0.05, 0.1) is 6.54 Å². The van der Waals surface area contributed by atoms with Gasteiger partial charge in [0.1, 0.15) is 6.33 Å². The number of anilines is 1. The molecule has 0 aliphatic rings. The molecule has 0 saturated heterocycles. The van der Waals surface area contributed by atoms with Crippen molar-refractivity contribution in [3.8, 4) is 0 Å². The molecule has 2 rings (SSSR count). The fourth-order valence-corrected chi connectivity index (χ4v) is 3.41. The van der Waals surface area contributed by atoms with Crippen molar-refractivity contribution in [3.05, 3.63) is 36.7 Å². The molecule has 23 heavy (non-hydrogen) atoms. The van der Waals surface area contributed by atoms with E-state index >= 15 is 0 Å². The highest BCUT2D eigenvalue weighted by molar-refractivity contribution is 8.14. The van der Waals surface area contributed by atoms with Gasteiger partial charge in [-0.1, -0.05) is 48.6 Å². The number of nitrogens with one attached hydrogen (secondary N) is 1. The lowest BCUT2D eigenvalue weighted by atomic mass is 10.3. The third-order valence-electron chi connectivity index (χ3n) is 2.91. The minimum Gasteiger partial charge on any atom is -0.335 e. The van der Waals surface area contributed by atoms with Crippen molar-refractivity contribution in [1.82, 2.24) is 14.8 Å². The predicted octanol–water partition coefficient (Wildman–Crippen LogP) is 4.17. The summed E-state index contributed by atoms with van der Waals surface area (Å²) in [7, 11) is 0. The standard InChI is InChI=1S/C16H23N5S2/c1-4-22-15(20-14-8-6-5-7-9-14)17-10-11-23-16-18-12-19-21(16)13(2)3/h5-9,12-13H,4,10-11H2,1-3H3,(H,17,20). The Morgan fingerprint density at radius 1 is 1.30 bits per heavy atom. The van der Waals surface area contributed by atoms with Crippen molar-refractivity contribution in [2.45, 2.75) is 32.0 Å². The largest absolute Gasteiger partial charge is 0.335 e. The number of nitrogens with zero attached hydrogens (tertiary/aromatic N) is 4. The first kappa shape index (κ1) is 17.9. The molecule has 5 nitrogen and oxygen atoms in total. The maximum Gasteiger partial charge on any atom is 0.186 e. The van der Waals surface area contributed by atoms with Gasteiger partial charge in [-0.2, -0.15) is 5.10 Å². The van der Waals surface area contributed by atoms with E-state index in [1.54, 1.807) is 29.9 Å². The molecule has 0 radical (unpaired) electrons. The summed E-state index contributed by atoms with van der Waals surface area (Å²) in [6, 6.07) is 10.5. The lowest BCUT2D eigenvalue weighted by molar-refractivity contribution is 0.486. The van der Waals surface area contributed by atoms with E-state index in [2.05, 4.69) is 41.2 Å². The van der Waals surface area contributed by atoms with Gasteiger partial charge in [0.15, 0.2) is 10.3 Å². The van der Waals surface area contributed by atoms with Gasteiger partial charge in [-0.05, 0) is 31.7 Å². The van der Waals surface area contributed by atoms with E-state index in [1.165, 1.54) is 0 Å². The second-order valence-corrected chi connectivity index (χ2v) is 7.36. The molecule has 1 N–H and O–H groups in total. The van der Waals surface area contributed by atoms with Crippen molar-refractivity contribution in [2.24, 2.45) is 4.99 Å². The fraction of sp³-hybridized carbons (Fsp3) is 0.438. The molecule has 0 fully saturated rings. The summed E-state index contributed by atoms with van der Waals surface area (Å²) in [5, 5.41) is 9.54. The smallest absolute Gasteiger partial charge is 0.186 e. The summed E-state index contributed by atoms with van der Waals surface area (Å²) in [6.45, 7) is 7.10. The summed E-state index contributed by atoms with van der Waals surface area (Å²) < 4.78 is 1.94. The van der Waals surface area contributed by atoms with Crippen LogP contribution in [0.3, 0.4) is 0 Å². The van der Waals surface area contributed by atoms with Crippen molar-refractivity contribution in [2.75, 3.05) is 23.4 Å². The molecule has 0 bridgehead atoms. The van der Waals surface area contributed by atoms with Gasteiger partial charge >= 0.3 is 0 Å². The second-order valence-electron chi connectivity index (χ2n) is 5.04. The van der Waals surface area contributed by atoms with Gasteiger partial charge < -0.3 is 5.32 Å². The van der Waals surface area contributed by atoms with Crippen LogP contribution in [0.4, 0.5) is 5.69 Å². The Morgan fingerprint density at radius 2 is 2.09 bits per heavy atom. The second kappa shape index (κ2) is 9.62. The molecule has 0 spiro atoms. The molecule has 1 aromatic heterocycles. The molecule has 0 saturated carbocycles. The van der Waals surface area contributed by atoms with Gasteiger partial charge in [-0.3, -0.25) is 4.99 Å². The van der Waals surface area contributed by atoms with Crippen LogP contribution in [0.1, 0.15) is 26.8 Å². The molecule has 0 atom stereocenters. The van der Waals surface area contributed by atoms with Crippen LogP contribution in [0.15, 0.2) is 46.8 Å². The number of hydrogen-bond donors (Lipinski definition) is 1. The molecule has 0 amide bonds. The summed E-state index contributed by atoms with van der Waals surface area (Å²) in [5.74, 6) is 1.88. The molecule has 124 valence electrons. The summed E-state index contributed by atoms with van der Waals surface area (Å²) in [4.78, 5) is 8.98. The first-order valence-corrected chi connectivity index (χ1v) is 9.69. The number of rotatable bonds is 7. The maximum absolute atomic E-state index is 4.67. The first-order chi connectivity index (χ1) is 11.2. The molecular weight excluding hydrogens is 326 g/mol. The summed E-state index contributed by atoms with van der Waals surface area (Å²) in [6.07, 6.45) is 1.61. The zero-order valence-electron chi connectivity index (χ0n) is 13.8. The van der Waals surface area contributed by atoms with Crippen molar-refractivity contribution >= 4 is 34.4 Å². The number of thioether (sulfide) groups is 2. The normalized spacial score (nSPS) is 11.9. The zero-order valence-corrected chi connectivity index (χ0v) is 15.4. The SMILES string of the molecule is CCSC(=NCCSc1ncnn1C(C)C)Nc1ccccc1. The van der Waals surface area contributed by atoms with E-state index in [0.717, 1.165) is 34.1 Å². The number of aliphatic imine (C=N–C) groups is 1. The van der Waals surface area contributed by atoms with Crippen LogP contribution in [-0.4, -0.2) is 38.0 Å². The average Bonchev–Trinajstić information content (AvgIpc) is 3.01. The third-order valence-corrected chi connectivity index (χ3v) is 4.64. The molecule has 0 aliphatic carbocycles. The average molecular weight is 350 g/mol. The summed E-state index contributed by atoms with van der Waals surface area (Å²) in [5.41, 5.74) is 1.07. The van der Waals surface area contributed by atoms with Crippen LogP contribution in [0.2, 0.25) is 0 Å². The van der Waals surface area contributed by atoms with E-state index in [-0.39, 0.29) is 0 Å². The van der Waals surface area contributed by atoms with E-state index in [0.29, 0.717) is 6.04 Å². The number of hydrogen-bond acceptors (Lipinski definition) is 5. The Hall–Kier alpha value is -1.47. The Labute approximate surface area is 146 Å². The van der Waals surface area contributed by atoms with Crippen LogP contribution in [0.5, 0.6) is 0 Å². The lowest BCUT2D eigenvalue weighted by Crippen LogP contribution is -2.10.